The summed E-state index contributed by atoms with van der Waals surface area (Å²) < 4.78 is 6.88. The second-order valence-corrected chi connectivity index (χ2v) is 9.65. The predicted octanol–water partition coefficient (Wildman–Crippen LogP) is 4.28. The minimum Gasteiger partial charge on any atom is -0.383 e. The van der Waals surface area contributed by atoms with Crippen molar-refractivity contribution in [2.75, 3.05) is 24.8 Å². The summed E-state index contributed by atoms with van der Waals surface area (Å²) in [7, 11) is 1.62. The number of anilines is 1. The van der Waals surface area contributed by atoms with Crippen molar-refractivity contribution in [1.82, 2.24) is 9.55 Å². The van der Waals surface area contributed by atoms with Crippen molar-refractivity contribution in [3.8, 4) is 0 Å². The molecule has 1 amide bonds. The largest absolute Gasteiger partial charge is 0.383 e. The molecule has 1 aliphatic rings. The van der Waals surface area contributed by atoms with Crippen molar-refractivity contribution < 1.29 is 9.53 Å². The summed E-state index contributed by atoms with van der Waals surface area (Å²) in [5, 5.41) is 4.26. The third-order valence-corrected chi connectivity index (χ3v) is 7.70. The van der Waals surface area contributed by atoms with Crippen LogP contribution in [0.2, 0.25) is 0 Å². The zero-order valence-electron chi connectivity index (χ0n) is 17.9. The number of aryl methyl sites for hydroxylation is 3. The molecular formula is C23H27N3O3S2. The van der Waals surface area contributed by atoms with Gasteiger partial charge >= 0.3 is 0 Å². The standard InChI is InChI=1S/C23H27N3O3S2/c1-3-15-8-10-16(11-9-15)24-19(27)14-30-23-25-21-20(22(28)26(23)12-13-29-2)17-6-4-5-7-18(17)31-21/h8-11H,3-7,12-14H2,1-2H3,(H,24,27). The van der Waals surface area contributed by atoms with Crippen LogP contribution in [0.15, 0.2) is 34.2 Å². The second kappa shape index (κ2) is 9.97. The molecule has 0 saturated heterocycles. The van der Waals surface area contributed by atoms with E-state index >= 15 is 0 Å². The molecule has 0 aliphatic heterocycles. The highest BCUT2D eigenvalue weighted by molar-refractivity contribution is 7.99. The third-order valence-electron chi connectivity index (χ3n) is 5.54. The summed E-state index contributed by atoms with van der Waals surface area (Å²) >= 11 is 2.93. The van der Waals surface area contributed by atoms with Crippen molar-refractivity contribution in [2.24, 2.45) is 0 Å². The van der Waals surface area contributed by atoms with Gasteiger partial charge in [-0.25, -0.2) is 4.98 Å². The number of carbonyl (C=O) groups excluding carboxylic acids is 1. The second-order valence-electron chi connectivity index (χ2n) is 7.62. The molecule has 0 saturated carbocycles. The van der Waals surface area contributed by atoms with E-state index in [1.54, 1.807) is 23.0 Å². The first kappa shape index (κ1) is 22.0. The van der Waals surface area contributed by atoms with Gasteiger partial charge in [0.05, 0.1) is 24.3 Å². The van der Waals surface area contributed by atoms with E-state index in [-0.39, 0.29) is 17.2 Å². The molecule has 164 valence electrons. The van der Waals surface area contributed by atoms with E-state index < -0.39 is 0 Å². The lowest BCUT2D eigenvalue weighted by Gasteiger charge is -2.13. The number of methoxy groups -OCH3 is 1. The summed E-state index contributed by atoms with van der Waals surface area (Å²) in [5.74, 6) is 0.0679. The maximum atomic E-state index is 13.3. The number of fused-ring (bicyclic) bond motifs is 3. The van der Waals surface area contributed by atoms with Gasteiger partial charge in [0.1, 0.15) is 4.83 Å². The zero-order chi connectivity index (χ0) is 21.8. The molecule has 31 heavy (non-hydrogen) atoms. The molecule has 8 heteroatoms. The van der Waals surface area contributed by atoms with E-state index in [2.05, 4.69) is 12.2 Å². The maximum Gasteiger partial charge on any atom is 0.263 e. The minimum atomic E-state index is -0.118. The van der Waals surface area contributed by atoms with Gasteiger partial charge in [-0.05, 0) is 55.4 Å². The lowest BCUT2D eigenvalue weighted by molar-refractivity contribution is -0.113. The number of nitrogens with one attached hydrogen (secondary N) is 1. The van der Waals surface area contributed by atoms with Gasteiger partial charge in [0, 0.05) is 17.7 Å². The number of hydrogen-bond donors (Lipinski definition) is 1. The van der Waals surface area contributed by atoms with Gasteiger partial charge < -0.3 is 10.1 Å². The molecule has 1 aromatic carbocycles. The van der Waals surface area contributed by atoms with Crippen LogP contribution in [0.25, 0.3) is 10.2 Å². The van der Waals surface area contributed by atoms with Crippen LogP contribution in [0.5, 0.6) is 0 Å². The van der Waals surface area contributed by atoms with Crippen molar-refractivity contribution in [3.05, 3.63) is 50.6 Å². The lowest BCUT2D eigenvalue weighted by Crippen LogP contribution is -2.26. The molecule has 0 unspecified atom stereocenters. The molecule has 0 radical (unpaired) electrons. The van der Waals surface area contributed by atoms with Gasteiger partial charge in [-0.15, -0.1) is 11.3 Å². The normalized spacial score (nSPS) is 13.4. The maximum absolute atomic E-state index is 13.3. The number of hydrogen-bond acceptors (Lipinski definition) is 6. The van der Waals surface area contributed by atoms with Crippen LogP contribution in [0.1, 0.15) is 35.8 Å². The molecule has 0 atom stereocenters. The van der Waals surface area contributed by atoms with E-state index in [1.807, 2.05) is 24.3 Å². The van der Waals surface area contributed by atoms with Gasteiger partial charge in [-0.1, -0.05) is 30.8 Å². The van der Waals surface area contributed by atoms with E-state index in [0.717, 1.165) is 41.6 Å². The van der Waals surface area contributed by atoms with E-state index in [4.69, 9.17) is 9.72 Å². The predicted molar refractivity (Wildman–Crippen MR) is 128 cm³/mol. The number of benzene rings is 1. The molecule has 0 fully saturated rings. The first-order valence-electron chi connectivity index (χ1n) is 10.7. The number of ether oxygens (including phenoxy) is 1. The Bertz CT molecular complexity index is 1140. The number of thioether (sulfide) groups is 1. The quantitative estimate of drug-likeness (QED) is 0.404. The monoisotopic (exact) mass is 457 g/mol. The minimum absolute atomic E-state index is 0.0143. The van der Waals surface area contributed by atoms with Crippen LogP contribution in [0, 0.1) is 0 Å². The Morgan fingerprint density at radius 1 is 1.26 bits per heavy atom. The summed E-state index contributed by atoms with van der Waals surface area (Å²) in [4.78, 5) is 32.7. The third kappa shape index (κ3) is 4.86. The Morgan fingerprint density at radius 2 is 2.03 bits per heavy atom. The first-order chi connectivity index (χ1) is 15.1. The summed E-state index contributed by atoms with van der Waals surface area (Å²) in [6.45, 7) is 2.94. The average Bonchev–Trinajstić information content (AvgIpc) is 3.16. The molecule has 6 nitrogen and oxygen atoms in total. The van der Waals surface area contributed by atoms with Gasteiger partial charge in [0.15, 0.2) is 5.16 Å². The van der Waals surface area contributed by atoms with Crippen LogP contribution in [-0.2, 0) is 35.3 Å². The van der Waals surface area contributed by atoms with Crippen molar-refractivity contribution in [2.45, 2.75) is 50.7 Å². The Balaban J connectivity index is 1.56. The van der Waals surface area contributed by atoms with Gasteiger partial charge in [0.2, 0.25) is 5.91 Å². The first-order valence-corrected chi connectivity index (χ1v) is 12.5. The van der Waals surface area contributed by atoms with Gasteiger partial charge in [0.25, 0.3) is 5.56 Å². The topological polar surface area (TPSA) is 73.2 Å². The average molecular weight is 458 g/mol. The number of nitrogens with zero attached hydrogens (tertiary/aromatic N) is 2. The molecule has 1 N–H and O–H groups in total. The fourth-order valence-corrected chi connectivity index (χ4v) is 5.99. The number of amides is 1. The van der Waals surface area contributed by atoms with Crippen molar-refractivity contribution in [1.29, 1.82) is 0 Å². The highest BCUT2D eigenvalue weighted by atomic mass is 32.2. The molecule has 1 aliphatic carbocycles. The lowest BCUT2D eigenvalue weighted by atomic mass is 9.97. The van der Waals surface area contributed by atoms with Crippen LogP contribution < -0.4 is 10.9 Å². The van der Waals surface area contributed by atoms with E-state index in [9.17, 15) is 9.59 Å². The Labute approximate surface area is 190 Å². The molecule has 3 aromatic rings. The van der Waals surface area contributed by atoms with Gasteiger partial charge in [-0.2, -0.15) is 0 Å². The smallest absolute Gasteiger partial charge is 0.263 e. The Hall–Kier alpha value is -2.16. The summed E-state index contributed by atoms with van der Waals surface area (Å²) in [5.41, 5.74) is 3.17. The molecule has 2 heterocycles. The van der Waals surface area contributed by atoms with E-state index in [1.165, 1.54) is 34.2 Å². The highest BCUT2D eigenvalue weighted by Crippen LogP contribution is 2.34. The molecule has 2 aromatic heterocycles. The van der Waals surface area contributed by atoms with Gasteiger partial charge in [-0.3, -0.25) is 14.2 Å². The fourth-order valence-electron chi connectivity index (χ4n) is 3.86. The van der Waals surface area contributed by atoms with Crippen LogP contribution in [0.3, 0.4) is 0 Å². The summed E-state index contributed by atoms with van der Waals surface area (Å²) in [6, 6.07) is 7.85. The van der Waals surface area contributed by atoms with Crippen LogP contribution in [0.4, 0.5) is 5.69 Å². The molecule has 0 bridgehead atoms. The number of rotatable bonds is 8. The summed E-state index contributed by atoms with van der Waals surface area (Å²) in [6.07, 6.45) is 5.21. The number of thiophene rings is 1. The Kier molecular flexibility index (Phi) is 7.09. The fraction of sp³-hybridized carbons (Fsp3) is 0.435. The van der Waals surface area contributed by atoms with Crippen molar-refractivity contribution >= 4 is 44.9 Å². The zero-order valence-corrected chi connectivity index (χ0v) is 19.5. The number of carbonyl (C=O) groups is 1. The van der Waals surface area contributed by atoms with Crippen LogP contribution in [-0.4, -0.2) is 34.9 Å². The molecule has 4 rings (SSSR count). The van der Waals surface area contributed by atoms with Crippen molar-refractivity contribution in [3.63, 3.8) is 0 Å². The van der Waals surface area contributed by atoms with E-state index in [0.29, 0.717) is 18.3 Å². The Morgan fingerprint density at radius 3 is 2.77 bits per heavy atom. The molecular weight excluding hydrogens is 430 g/mol. The SMILES string of the molecule is CCc1ccc(NC(=O)CSc2nc3sc4c(c3c(=O)n2CCOC)CCCC4)cc1. The number of aromatic nitrogens is 2. The molecule has 0 spiro atoms. The van der Waals surface area contributed by atoms with Crippen LogP contribution >= 0.6 is 23.1 Å². The highest BCUT2D eigenvalue weighted by Gasteiger charge is 2.22.